The SMILES string of the molecule is COc1ccc(OC)c(S(=O)(=O)Nc2ccc3c(c2)OCC(C)(C)C(=O)N3)c1. The third-order valence-corrected chi connectivity index (χ3v) is 5.75. The zero-order chi connectivity index (χ0) is 20.5. The number of methoxy groups -OCH3 is 2. The fourth-order valence-corrected chi connectivity index (χ4v) is 3.86. The number of fused-ring (bicyclic) bond motifs is 1. The third kappa shape index (κ3) is 3.84. The maximum Gasteiger partial charge on any atom is 0.265 e. The molecule has 1 amide bonds. The number of nitrogens with one attached hydrogen (secondary N) is 2. The molecule has 0 saturated carbocycles. The van der Waals surface area contributed by atoms with Gasteiger partial charge in [-0.3, -0.25) is 9.52 Å². The number of anilines is 2. The second-order valence-electron chi connectivity index (χ2n) is 6.96. The Hall–Kier alpha value is -2.94. The zero-order valence-corrected chi connectivity index (χ0v) is 16.8. The highest BCUT2D eigenvalue weighted by Gasteiger charge is 2.32. The molecule has 1 heterocycles. The van der Waals surface area contributed by atoms with E-state index in [1.165, 1.54) is 32.4 Å². The summed E-state index contributed by atoms with van der Waals surface area (Å²) in [6.07, 6.45) is 0. The van der Waals surface area contributed by atoms with Crippen molar-refractivity contribution in [1.29, 1.82) is 0 Å². The summed E-state index contributed by atoms with van der Waals surface area (Å²) in [4.78, 5) is 12.1. The molecule has 0 atom stereocenters. The van der Waals surface area contributed by atoms with Gasteiger partial charge in [0.2, 0.25) is 5.91 Å². The van der Waals surface area contributed by atoms with Crippen molar-refractivity contribution in [2.75, 3.05) is 30.9 Å². The lowest BCUT2D eigenvalue weighted by molar-refractivity contribution is -0.124. The van der Waals surface area contributed by atoms with Gasteiger partial charge in [-0.2, -0.15) is 0 Å². The first-order valence-electron chi connectivity index (χ1n) is 8.49. The highest BCUT2D eigenvalue weighted by Crippen LogP contribution is 2.35. The molecule has 0 aliphatic carbocycles. The fraction of sp³-hybridized carbons (Fsp3) is 0.316. The van der Waals surface area contributed by atoms with Crippen molar-refractivity contribution < 1.29 is 27.4 Å². The Kier molecular flexibility index (Phi) is 5.12. The Labute approximate surface area is 163 Å². The Bertz CT molecular complexity index is 1020. The number of amides is 1. The maximum absolute atomic E-state index is 12.9. The number of carbonyl (C=O) groups is 1. The second kappa shape index (κ2) is 7.23. The smallest absolute Gasteiger partial charge is 0.265 e. The minimum Gasteiger partial charge on any atom is -0.497 e. The van der Waals surface area contributed by atoms with E-state index in [2.05, 4.69) is 10.0 Å². The van der Waals surface area contributed by atoms with E-state index in [9.17, 15) is 13.2 Å². The molecule has 0 spiro atoms. The average molecular weight is 406 g/mol. The van der Waals surface area contributed by atoms with Gasteiger partial charge in [-0.1, -0.05) is 0 Å². The van der Waals surface area contributed by atoms with Gasteiger partial charge < -0.3 is 19.5 Å². The van der Waals surface area contributed by atoms with Gasteiger partial charge in [0, 0.05) is 12.1 Å². The lowest BCUT2D eigenvalue weighted by Gasteiger charge is -2.18. The van der Waals surface area contributed by atoms with Gasteiger partial charge in [0.25, 0.3) is 10.0 Å². The van der Waals surface area contributed by atoms with Crippen molar-refractivity contribution in [2.24, 2.45) is 5.41 Å². The van der Waals surface area contributed by atoms with Crippen LogP contribution in [-0.4, -0.2) is 35.2 Å². The van der Waals surface area contributed by atoms with Crippen LogP contribution >= 0.6 is 0 Å². The molecular weight excluding hydrogens is 384 g/mol. The molecule has 0 radical (unpaired) electrons. The van der Waals surface area contributed by atoms with Crippen LogP contribution < -0.4 is 24.2 Å². The van der Waals surface area contributed by atoms with Gasteiger partial charge in [-0.05, 0) is 38.1 Å². The van der Waals surface area contributed by atoms with Crippen LogP contribution in [0.3, 0.4) is 0 Å². The van der Waals surface area contributed by atoms with Gasteiger partial charge in [0.05, 0.1) is 31.0 Å². The lowest BCUT2D eigenvalue weighted by atomic mass is 9.94. The number of ether oxygens (including phenoxy) is 3. The quantitative estimate of drug-likeness (QED) is 0.792. The summed E-state index contributed by atoms with van der Waals surface area (Å²) in [5.74, 6) is 0.794. The molecule has 2 aromatic carbocycles. The van der Waals surface area contributed by atoms with E-state index < -0.39 is 15.4 Å². The van der Waals surface area contributed by atoms with Gasteiger partial charge in [0.1, 0.15) is 28.8 Å². The molecular formula is C19H22N2O6S. The van der Waals surface area contributed by atoms with Crippen molar-refractivity contribution in [3.63, 3.8) is 0 Å². The Morgan fingerprint density at radius 1 is 1.11 bits per heavy atom. The monoisotopic (exact) mass is 406 g/mol. The van der Waals surface area contributed by atoms with E-state index in [-0.39, 0.29) is 28.8 Å². The standard InChI is InChI=1S/C19H22N2O6S/c1-19(2)11-27-16-9-12(5-7-14(16)20-18(19)22)21-28(23,24)17-10-13(25-3)6-8-15(17)26-4/h5-10,21H,11H2,1-4H3,(H,20,22). The lowest BCUT2D eigenvalue weighted by Crippen LogP contribution is -2.33. The van der Waals surface area contributed by atoms with E-state index in [1.807, 2.05) is 0 Å². The summed E-state index contributed by atoms with van der Waals surface area (Å²) < 4.78 is 44.3. The van der Waals surface area contributed by atoms with Crippen LogP contribution in [0.25, 0.3) is 0 Å². The van der Waals surface area contributed by atoms with Crippen LogP contribution in [0.4, 0.5) is 11.4 Å². The molecule has 3 rings (SSSR count). The van der Waals surface area contributed by atoms with Gasteiger partial charge in [0.15, 0.2) is 0 Å². The van der Waals surface area contributed by atoms with Crippen molar-refractivity contribution in [3.05, 3.63) is 36.4 Å². The molecule has 150 valence electrons. The second-order valence-corrected chi connectivity index (χ2v) is 8.61. The molecule has 2 N–H and O–H groups in total. The number of rotatable bonds is 5. The van der Waals surface area contributed by atoms with Crippen molar-refractivity contribution in [2.45, 2.75) is 18.7 Å². The minimum absolute atomic E-state index is 0.0559. The molecule has 2 aromatic rings. The largest absolute Gasteiger partial charge is 0.497 e. The minimum atomic E-state index is -3.96. The van der Waals surface area contributed by atoms with Gasteiger partial charge in [-0.25, -0.2) is 8.42 Å². The number of carbonyl (C=O) groups excluding carboxylic acids is 1. The third-order valence-electron chi connectivity index (χ3n) is 4.35. The molecule has 28 heavy (non-hydrogen) atoms. The van der Waals surface area contributed by atoms with E-state index in [1.54, 1.807) is 32.0 Å². The van der Waals surface area contributed by atoms with E-state index in [4.69, 9.17) is 14.2 Å². The average Bonchev–Trinajstić information content (AvgIpc) is 2.77. The highest BCUT2D eigenvalue weighted by molar-refractivity contribution is 7.92. The summed E-state index contributed by atoms with van der Waals surface area (Å²) in [6, 6.07) is 9.18. The van der Waals surface area contributed by atoms with Gasteiger partial charge in [-0.15, -0.1) is 0 Å². The van der Waals surface area contributed by atoms with Gasteiger partial charge >= 0.3 is 0 Å². The molecule has 0 fully saturated rings. The van der Waals surface area contributed by atoms with Crippen LogP contribution in [0, 0.1) is 5.41 Å². The Morgan fingerprint density at radius 3 is 2.54 bits per heavy atom. The Morgan fingerprint density at radius 2 is 1.86 bits per heavy atom. The highest BCUT2D eigenvalue weighted by atomic mass is 32.2. The molecule has 1 aliphatic heterocycles. The van der Waals surface area contributed by atoms with Crippen LogP contribution in [-0.2, 0) is 14.8 Å². The summed E-state index contributed by atoms with van der Waals surface area (Å²) >= 11 is 0. The van der Waals surface area contributed by atoms with E-state index >= 15 is 0 Å². The predicted octanol–water partition coefficient (Wildman–Crippen LogP) is 2.86. The number of sulfonamides is 1. The molecule has 8 nitrogen and oxygen atoms in total. The first-order chi connectivity index (χ1) is 13.2. The molecule has 0 aromatic heterocycles. The first-order valence-corrected chi connectivity index (χ1v) is 9.98. The van der Waals surface area contributed by atoms with Crippen LogP contribution in [0.2, 0.25) is 0 Å². The van der Waals surface area contributed by atoms with E-state index in [0.29, 0.717) is 17.2 Å². The fourth-order valence-electron chi connectivity index (χ4n) is 2.63. The van der Waals surface area contributed by atoms with Crippen LogP contribution in [0.1, 0.15) is 13.8 Å². The van der Waals surface area contributed by atoms with Crippen molar-refractivity contribution in [3.8, 4) is 17.2 Å². The predicted molar refractivity (Wildman–Crippen MR) is 105 cm³/mol. The molecule has 1 aliphatic rings. The zero-order valence-electron chi connectivity index (χ0n) is 16.0. The maximum atomic E-state index is 12.9. The Balaban J connectivity index is 1.93. The van der Waals surface area contributed by atoms with Crippen molar-refractivity contribution >= 4 is 27.3 Å². The molecule has 0 saturated heterocycles. The number of hydrogen-bond acceptors (Lipinski definition) is 6. The van der Waals surface area contributed by atoms with Crippen molar-refractivity contribution in [1.82, 2.24) is 0 Å². The molecule has 0 unspecified atom stereocenters. The van der Waals surface area contributed by atoms with Crippen LogP contribution in [0.5, 0.6) is 17.2 Å². The first kappa shape index (κ1) is 19.8. The normalized spacial score (nSPS) is 15.5. The summed E-state index contributed by atoms with van der Waals surface area (Å²) in [6.45, 7) is 3.71. The number of benzene rings is 2. The van der Waals surface area contributed by atoms with E-state index in [0.717, 1.165) is 0 Å². The summed E-state index contributed by atoms with van der Waals surface area (Å²) in [5.41, 5.74) is 0.0715. The topological polar surface area (TPSA) is 103 Å². The molecule has 0 bridgehead atoms. The van der Waals surface area contributed by atoms with Crippen LogP contribution in [0.15, 0.2) is 41.3 Å². The summed E-state index contributed by atoms with van der Waals surface area (Å²) in [5, 5.41) is 2.79. The summed E-state index contributed by atoms with van der Waals surface area (Å²) in [7, 11) is -1.12. The molecule has 9 heteroatoms. The number of hydrogen-bond donors (Lipinski definition) is 2.